The molecule has 0 N–H and O–H groups in total. The summed E-state index contributed by atoms with van der Waals surface area (Å²) in [4.78, 5) is 15.7. The molecule has 1 aliphatic heterocycles. The van der Waals surface area contributed by atoms with Gasteiger partial charge < -0.3 is 9.80 Å². The first-order valence-electron chi connectivity index (χ1n) is 8.87. The van der Waals surface area contributed by atoms with Gasteiger partial charge in [0, 0.05) is 64.1 Å². The van der Waals surface area contributed by atoms with Crippen molar-refractivity contribution in [3.63, 3.8) is 0 Å². The predicted octanol–water partition coefficient (Wildman–Crippen LogP) is 1.81. The summed E-state index contributed by atoms with van der Waals surface area (Å²) in [5, 5.41) is 9.24. The van der Waals surface area contributed by atoms with Crippen molar-refractivity contribution in [2.75, 3.05) is 50.1 Å². The van der Waals surface area contributed by atoms with Gasteiger partial charge >= 0.3 is 0 Å². The molecule has 0 saturated carbocycles. The van der Waals surface area contributed by atoms with Gasteiger partial charge in [0.05, 0.1) is 11.2 Å². The second kappa shape index (κ2) is 7.21. The zero-order valence-electron chi connectivity index (χ0n) is 15.2. The molecular formula is C19H23N7. The molecule has 3 aromatic rings. The summed E-state index contributed by atoms with van der Waals surface area (Å²) in [6, 6.07) is 10.4. The van der Waals surface area contributed by atoms with Gasteiger partial charge in [-0.3, -0.25) is 4.90 Å². The van der Waals surface area contributed by atoms with Gasteiger partial charge in [-0.15, -0.1) is 0 Å². The third-order valence-electron chi connectivity index (χ3n) is 4.77. The van der Waals surface area contributed by atoms with Gasteiger partial charge in [-0.25, -0.2) is 9.97 Å². The highest BCUT2D eigenvalue weighted by molar-refractivity contribution is 5.91. The van der Waals surface area contributed by atoms with E-state index in [2.05, 4.69) is 48.2 Å². The van der Waals surface area contributed by atoms with Crippen LogP contribution in [0.1, 0.15) is 5.69 Å². The molecular weight excluding hydrogens is 326 g/mol. The van der Waals surface area contributed by atoms with E-state index in [4.69, 9.17) is 0 Å². The van der Waals surface area contributed by atoms with Crippen LogP contribution in [0.2, 0.25) is 0 Å². The van der Waals surface area contributed by atoms with E-state index in [1.54, 1.807) is 12.5 Å². The lowest BCUT2D eigenvalue weighted by atomic mass is 10.1. The van der Waals surface area contributed by atoms with E-state index in [0.29, 0.717) is 0 Å². The first-order chi connectivity index (χ1) is 12.7. The van der Waals surface area contributed by atoms with E-state index in [1.165, 1.54) is 5.69 Å². The molecule has 7 heteroatoms. The van der Waals surface area contributed by atoms with Crippen LogP contribution in [0.3, 0.4) is 0 Å². The molecule has 0 spiro atoms. The van der Waals surface area contributed by atoms with Gasteiger partial charge in [0.25, 0.3) is 0 Å². The summed E-state index contributed by atoms with van der Waals surface area (Å²) in [6.45, 7) is 4.88. The molecule has 2 aromatic heterocycles. The van der Waals surface area contributed by atoms with Crippen molar-refractivity contribution in [3.8, 4) is 0 Å². The fourth-order valence-electron chi connectivity index (χ4n) is 3.40. The molecule has 0 bridgehead atoms. The van der Waals surface area contributed by atoms with E-state index < -0.39 is 0 Å². The van der Waals surface area contributed by atoms with Crippen LogP contribution in [-0.4, -0.2) is 65.3 Å². The van der Waals surface area contributed by atoms with Gasteiger partial charge in [-0.1, -0.05) is 0 Å². The topological polar surface area (TPSA) is 61.3 Å². The average Bonchev–Trinajstić information content (AvgIpc) is 2.68. The van der Waals surface area contributed by atoms with Gasteiger partial charge in [-0.2, -0.15) is 10.2 Å². The minimum absolute atomic E-state index is 0.859. The molecule has 134 valence electrons. The van der Waals surface area contributed by atoms with Gasteiger partial charge in [0.1, 0.15) is 12.1 Å². The number of benzene rings is 1. The van der Waals surface area contributed by atoms with E-state index in [-0.39, 0.29) is 0 Å². The monoisotopic (exact) mass is 349 g/mol. The third kappa shape index (κ3) is 3.43. The first kappa shape index (κ1) is 16.7. The molecule has 1 fully saturated rings. The molecule has 1 aliphatic rings. The Morgan fingerprint density at radius 2 is 1.88 bits per heavy atom. The largest absolute Gasteiger partial charge is 0.369 e. The minimum atomic E-state index is 0.859. The SMILES string of the molecule is CN(C)c1ncnc2ccc(N3CCN(Cc4cccnn4)CC3)cc12. The summed E-state index contributed by atoms with van der Waals surface area (Å²) in [5.41, 5.74) is 3.24. The number of piperazine rings is 1. The molecule has 7 nitrogen and oxygen atoms in total. The maximum absolute atomic E-state index is 4.43. The van der Waals surface area contributed by atoms with Crippen LogP contribution >= 0.6 is 0 Å². The summed E-state index contributed by atoms with van der Waals surface area (Å²) in [7, 11) is 4.03. The average molecular weight is 349 g/mol. The van der Waals surface area contributed by atoms with Crippen molar-refractivity contribution in [2.24, 2.45) is 0 Å². The lowest BCUT2D eigenvalue weighted by molar-refractivity contribution is 0.246. The number of fused-ring (bicyclic) bond motifs is 1. The second-order valence-corrected chi connectivity index (χ2v) is 6.77. The first-order valence-corrected chi connectivity index (χ1v) is 8.87. The molecule has 26 heavy (non-hydrogen) atoms. The van der Waals surface area contributed by atoms with Crippen LogP contribution in [0, 0.1) is 0 Å². The van der Waals surface area contributed by atoms with Crippen LogP contribution in [0.15, 0.2) is 42.9 Å². The Kier molecular flexibility index (Phi) is 4.62. The van der Waals surface area contributed by atoms with E-state index in [9.17, 15) is 0 Å². The van der Waals surface area contributed by atoms with Gasteiger partial charge in [0.15, 0.2) is 0 Å². The molecule has 0 amide bonds. The summed E-state index contributed by atoms with van der Waals surface area (Å²) in [5.74, 6) is 0.957. The van der Waals surface area contributed by atoms with E-state index in [0.717, 1.165) is 55.1 Å². The van der Waals surface area contributed by atoms with Crippen molar-refractivity contribution >= 4 is 22.4 Å². The normalized spacial score (nSPS) is 15.4. The van der Waals surface area contributed by atoms with Crippen LogP contribution < -0.4 is 9.80 Å². The third-order valence-corrected chi connectivity index (χ3v) is 4.77. The summed E-state index contributed by atoms with van der Waals surface area (Å²) < 4.78 is 0. The van der Waals surface area contributed by atoms with Crippen molar-refractivity contribution in [1.29, 1.82) is 0 Å². The quantitative estimate of drug-likeness (QED) is 0.712. The Bertz CT molecular complexity index is 873. The number of aromatic nitrogens is 4. The lowest BCUT2D eigenvalue weighted by Crippen LogP contribution is -2.46. The zero-order chi connectivity index (χ0) is 17.9. The Hall–Kier alpha value is -2.80. The maximum atomic E-state index is 4.43. The Balaban J connectivity index is 1.48. The fraction of sp³-hybridized carbons (Fsp3) is 0.368. The standard InChI is InChI=1S/C19H23N7/c1-24(2)19-17-12-16(5-6-18(17)20-14-21-19)26-10-8-25(9-11-26)13-15-4-3-7-22-23-15/h3-7,12,14H,8-11,13H2,1-2H3. The number of hydrogen-bond donors (Lipinski definition) is 0. The highest BCUT2D eigenvalue weighted by Gasteiger charge is 2.18. The van der Waals surface area contributed by atoms with Crippen LogP contribution in [0.25, 0.3) is 10.9 Å². The smallest absolute Gasteiger partial charge is 0.139 e. The summed E-state index contributed by atoms with van der Waals surface area (Å²) >= 11 is 0. The van der Waals surface area contributed by atoms with Gasteiger partial charge in [0.2, 0.25) is 0 Å². The van der Waals surface area contributed by atoms with Crippen molar-refractivity contribution < 1.29 is 0 Å². The van der Waals surface area contributed by atoms with Crippen molar-refractivity contribution in [1.82, 2.24) is 25.1 Å². The lowest BCUT2D eigenvalue weighted by Gasteiger charge is -2.36. The highest BCUT2D eigenvalue weighted by Crippen LogP contribution is 2.27. The molecule has 4 rings (SSSR count). The summed E-state index contributed by atoms with van der Waals surface area (Å²) in [6.07, 6.45) is 3.34. The molecule has 1 aromatic carbocycles. The molecule has 0 unspecified atom stereocenters. The van der Waals surface area contributed by atoms with Crippen LogP contribution in [0.5, 0.6) is 0 Å². The van der Waals surface area contributed by atoms with E-state index in [1.807, 2.05) is 31.1 Å². The fourth-order valence-corrected chi connectivity index (χ4v) is 3.40. The number of rotatable bonds is 4. The minimum Gasteiger partial charge on any atom is -0.369 e. The maximum Gasteiger partial charge on any atom is 0.139 e. The molecule has 0 atom stereocenters. The molecule has 0 aliphatic carbocycles. The van der Waals surface area contributed by atoms with Crippen LogP contribution in [-0.2, 0) is 6.54 Å². The van der Waals surface area contributed by atoms with E-state index >= 15 is 0 Å². The van der Waals surface area contributed by atoms with Crippen molar-refractivity contribution in [3.05, 3.63) is 48.5 Å². The number of anilines is 2. The van der Waals surface area contributed by atoms with Crippen LogP contribution in [0.4, 0.5) is 11.5 Å². The highest BCUT2D eigenvalue weighted by atomic mass is 15.3. The number of hydrogen-bond acceptors (Lipinski definition) is 7. The number of nitrogens with zero attached hydrogens (tertiary/aromatic N) is 7. The molecule has 1 saturated heterocycles. The predicted molar refractivity (Wildman–Crippen MR) is 103 cm³/mol. The second-order valence-electron chi connectivity index (χ2n) is 6.77. The van der Waals surface area contributed by atoms with Gasteiger partial charge in [-0.05, 0) is 30.3 Å². The Labute approximate surface area is 153 Å². The Morgan fingerprint density at radius 1 is 1.04 bits per heavy atom. The molecule has 3 heterocycles. The molecule has 0 radical (unpaired) electrons. The Morgan fingerprint density at radius 3 is 2.62 bits per heavy atom. The zero-order valence-corrected chi connectivity index (χ0v) is 15.2. The van der Waals surface area contributed by atoms with Crippen molar-refractivity contribution in [2.45, 2.75) is 6.54 Å².